The van der Waals surface area contributed by atoms with E-state index < -0.39 is 0 Å². The zero-order valence-corrected chi connectivity index (χ0v) is 13.3. The van der Waals surface area contributed by atoms with E-state index in [1.54, 1.807) is 6.26 Å². The van der Waals surface area contributed by atoms with Crippen LogP contribution in [0.1, 0.15) is 11.3 Å². The maximum Gasteiger partial charge on any atom is 0.159 e. The first-order valence-corrected chi connectivity index (χ1v) is 7.41. The molecule has 0 unspecified atom stereocenters. The van der Waals surface area contributed by atoms with Crippen molar-refractivity contribution in [2.24, 2.45) is 0 Å². The van der Waals surface area contributed by atoms with Crippen LogP contribution in [-0.2, 0) is 6.54 Å². The molecule has 3 rings (SSSR count). The molecule has 6 nitrogen and oxygen atoms in total. The molecule has 0 amide bonds. The quantitative estimate of drug-likeness (QED) is 0.656. The first-order chi connectivity index (χ1) is 11.1. The predicted octanol–water partition coefficient (Wildman–Crippen LogP) is 3.97. The fraction of sp³-hybridized carbons (Fsp3) is 0.125. The summed E-state index contributed by atoms with van der Waals surface area (Å²) in [6.07, 6.45) is 3.07. The highest BCUT2D eigenvalue weighted by molar-refractivity contribution is 6.30. The minimum atomic E-state index is 0.429. The second kappa shape index (κ2) is 6.58. The van der Waals surface area contributed by atoms with Crippen molar-refractivity contribution >= 4 is 34.6 Å². The molecule has 0 spiro atoms. The number of aromatic nitrogens is 2. The molecule has 0 aliphatic heterocycles. The van der Waals surface area contributed by atoms with Gasteiger partial charge in [0.2, 0.25) is 0 Å². The molecule has 7 heteroatoms. The Bertz CT molecular complexity index is 804. The van der Waals surface area contributed by atoms with Gasteiger partial charge in [-0.2, -0.15) is 0 Å². The van der Waals surface area contributed by atoms with Crippen molar-refractivity contribution in [3.8, 4) is 0 Å². The van der Waals surface area contributed by atoms with Gasteiger partial charge in [0, 0.05) is 10.7 Å². The zero-order chi connectivity index (χ0) is 16.2. The fourth-order valence-corrected chi connectivity index (χ4v) is 2.25. The van der Waals surface area contributed by atoms with E-state index in [4.69, 9.17) is 21.8 Å². The average Bonchev–Trinajstić information content (AvgIpc) is 3.05. The molecule has 0 bridgehead atoms. The maximum absolute atomic E-state index is 6.15. The number of aryl methyl sites for hydroxylation is 1. The van der Waals surface area contributed by atoms with Crippen molar-refractivity contribution in [1.29, 1.82) is 0 Å². The maximum atomic E-state index is 6.15. The SMILES string of the molecule is Cc1ccc(Cl)cc1Nc1ncnc(NCc2ccco2)c1N. The van der Waals surface area contributed by atoms with Gasteiger partial charge in [0.05, 0.1) is 12.8 Å². The van der Waals surface area contributed by atoms with Gasteiger partial charge in [0.15, 0.2) is 11.6 Å². The molecule has 0 atom stereocenters. The topological polar surface area (TPSA) is 89.0 Å². The summed E-state index contributed by atoms with van der Waals surface area (Å²) >= 11 is 6.03. The van der Waals surface area contributed by atoms with E-state index in [2.05, 4.69) is 20.6 Å². The largest absolute Gasteiger partial charge is 0.467 e. The van der Waals surface area contributed by atoms with Crippen LogP contribution < -0.4 is 16.4 Å². The molecule has 4 N–H and O–H groups in total. The van der Waals surface area contributed by atoms with E-state index >= 15 is 0 Å². The summed E-state index contributed by atoms with van der Waals surface area (Å²) in [4.78, 5) is 8.36. The Morgan fingerprint density at radius 3 is 2.83 bits per heavy atom. The molecule has 118 valence electrons. The van der Waals surface area contributed by atoms with E-state index in [0.29, 0.717) is 28.9 Å². The van der Waals surface area contributed by atoms with Gasteiger partial charge in [-0.3, -0.25) is 0 Å². The van der Waals surface area contributed by atoms with Crippen LogP contribution in [0.2, 0.25) is 5.02 Å². The summed E-state index contributed by atoms with van der Waals surface area (Å²) in [5.74, 6) is 1.86. The summed E-state index contributed by atoms with van der Waals surface area (Å²) in [5, 5.41) is 6.96. The fourth-order valence-electron chi connectivity index (χ4n) is 2.08. The highest BCUT2D eigenvalue weighted by atomic mass is 35.5. The molecule has 0 fully saturated rings. The molecule has 0 aliphatic carbocycles. The summed E-state index contributed by atoms with van der Waals surface area (Å²) in [6, 6.07) is 9.29. The number of hydrogen-bond donors (Lipinski definition) is 3. The summed E-state index contributed by atoms with van der Waals surface area (Å²) in [5.41, 5.74) is 8.46. The Balaban J connectivity index is 1.80. The first kappa shape index (κ1) is 15.2. The highest BCUT2D eigenvalue weighted by Crippen LogP contribution is 2.29. The smallest absolute Gasteiger partial charge is 0.159 e. The number of furan rings is 1. The van der Waals surface area contributed by atoms with Crippen molar-refractivity contribution < 1.29 is 4.42 Å². The molecule has 2 heterocycles. The summed E-state index contributed by atoms with van der Waals surface area (Å²) in [6.45, 7) is 2.47. The molecule has 0 aliphatic rings. The van der Waals surface area contributed by atoms with Crippen molar-refractivity contribution in [2.45, 2.75) is 13.5 Å². The van der Waals surface area contributed by atoms with Crippen molar-refractivity contribution in [3.05, 3.63) is 59.3 Å². The van der Waals surface area contributed by atoms with E-state index in [-0.39, 0.29) is 0 Å². The number of hydrogen-bond acceptors (Lipinski definition) is 6. The second-order valence-corrected chi connectivity index (χ2v) is 5.44. The number of nitrogen functional groups attached to an aromatic ring is 1. The average molecular weight is 330 g/mol. The minimum Gasteiger partial charge on any atom is -0.467 e. The lowest BCUT2D eigenvalue weighted by Gasteiger charge is -2.13. The number of benzene rings is 1. The van der Waals surface area contributed by atoms with Gasteiger partial charge in [-0.15, -0.1) is 0 Å². The van der Waals surface area contributed by atoms with Crippen LogP contribution in [0, 0.1) is 6.92 Å². The molecule has 23 heavy (non-hydrogen) atoms. The van der Waals surface area contributed by atoms with Gasteiger partial charge in [-0.25, -0.2) is 9.97 Å². The monoisotopic (exact) mass is 329 g/mol. The van der Waals surface area contributed by atoms with Crippen LogP contribution in [0.25, 0.3) is 0 Å². The van der Waals surface area contributed by atoms with E-state index in [0.717, 1.165) is 17.0 Å². The van der Waals surface area contributed by atoms with Crippen LogP contribution in [0.15, 0.2) is 47.3 Å². The Labute approximate surface area is 138 Å². The number of nitrogens with zero attached hydrogens (tertiary/aromatic N) is 2. The van der Waals surface area contributed by atoms with Crippen LogP contribution in [0.5, 0.6) is 0 Å². The van der Waals surface area contributed by atoms with Crippen LogP contribution in [0.3, 0.4) is 0 Å². The number of rotatable bonds is 5. The third-order valence-electron chi connectivity index (χ3n) is 3.35. The number of nitrogens with two attached hydrogens (primary N) is 1. The van der Waals surface area contributed by atoms with Gasteiger partial charge >= 0.3 is 0 Å². The third kappa shape index (κ3) is 3.54. The van der Waals surface area contributed by atoms with Crippen molar-refractivity contribution in [3.63, 3.8) is 0 Å². The lowest BCUT2D eigenvalue weighted by molar-refractivity contribution is 0.518. The molecule has 1 aromatic carbocycles. The molecule has 0 saturated heterocycles. The number of nitrogens with one attached hydrogen (secondary N) is 2. The Morgan fingerprint density at radius 1 is 1.22 bits per heavy atom. The Hall–Kier alpha value is -2.73. The molecular formula is C16H16ClN5O. The lowest BCUT2D eigenvalue weighted by Crippen LogP contribution is -2.08. The summed E-state index contributed by atoms with van der Waals surface area (Å²) < 4.78 is 5.27. The molecular weight excluding hydrogens is 314 g/mol. The van der Waals surface area contributed by atoms with Crippen molar-refractivity contribution in [1.82, 2.24) is 9.97 Å². The van der Waals surface area contributed by atoms with E-state index in [1.165, 1.54) is 6.33 Å². The normalized spacial score (nSPS) is 10.5. The minimum absolute atomic E-state index is 0.429. The van der Waals surface area contributed by atoms with Gasteiger partial charge in [0.25, 0.3) is 0 Å². The van der Waals surface area contributed by atoms with Crippen LogP contribution >= 0.6 is 11.6 Å². The predicted molar refractivity (Wildman–Crippen MR) is 92.0 cm³/mol. The molecule has 3 aromatic rings. The lowest BCUT2D eigenvalue weighted by atomic mass is 10.2. The number of anilines is 4. The molecule has 0 radical (unpaired) electrons. The van der Waals surface area contributed by atoms with Crippen LogP contribution in [-0.4, -0.2) is 9.97 Å². The van der Waals surface area contributed by atoms with Gasteiger partial charge < -0.3 is 20.8 Å². The third-order valence-corrected chi connectivity index (χ3v) is 3.58. The second-order valence-electron chi connectivity index (χ2n) is 5.00. The van der Waals surface area contributed by atoms with Crippen molar-refractivity contribution in [2.75, 3.05) is 16.4 Å². The number of halogens is 1. The van der Waals surface area contributed by atoms with E-state index in [9.17, 15) is 0 Å². The zero-order valence-electron chi connectivity index (χ0n) is 12.5. The highest BCUT2D eigenvalue weighted by Gasteiger charge is 2.10. The van der Waals surface area contributed by atoms with Gasteiger partial charge in [-0.05, 0) is 36.8 Å². The Kier molecular flexibility index (Phi) is 4.34. The Morgan fingerprint density at radius 2 is 2.04 bits per heavy atom. The van der Waals surface area contributed by atoms with E-state index in [1.807, 2.05) is 37.3 Å². The summed E-state index contributed by atoms with van der Waals surface area (Å²) in [7, 11) is 0. The van der Waals surface area contributed by atoms with Gasteiger partial charge in [-0.1, -0.05) is 17.7 Å². The van der Waals surface area contributed by atoms with Crippen LogP contribution in [0.4, 0.5) is 23.0 Å². The molecule has 0 saturated carbocycles. The molecule has 2 aromatic heterocycles. The standard InChI is InChI=1S/C16H16ClN5O/c1-10-4-5-11(17)7-13(10)22-16-14(18)15(20-9-21-16)19-8-12-3-2-6-23-12/h2-7,9H,8,18H2,1H3,(H2,19,20,21,22). The van der Waals surface area contributed by atoms with Gasteiger partial charge in [0.1, 0.15) is 17.8 Å². The first-order valence-electron chi connectivity index (χ1n) is 7.03.